The molecular weight excluding hydrogens is 436 g/mol. The van der Waals surface area contributed by atoms with E-state index < -0.39 is 0 Å². The zero-order valence-electron chi connectivity index (χ0n) is 18.5. The Hall–Kier alpha value is -2.44. The highest BCUT2D eigenvalue weighted by atomic mass is 32.1. The first-order valence-electron chi connectivity index (χ1n) is 11.3. The largest absolute Gasteiger partial charge is 0.332 e. The van der Waals surface area contributed by atoms with Gasteiger partial charge >= 0.3 is 0 Å². The van der Waals surface area contributed by atoms with Gasteiger partial charge in [-0.25, -0.2) is 0 Å². The van der Waals surface area contributed by atoms with Gasteiger partial charge in [0.1, 0.15) is 6.54 Å². The van der Waals surface area contributed by atoms with Crippen molar-refractivity contribution in [1.29, 1.82) is 0 Å². The fourth-order valence-corrected chi connectivity index (χ4v) is 5.92. The lowest BCUT2D eigenvalue weighted by molar-refractivity contribution is -0.133. The molecule has 32 heavy (non-hydrogen) atoms. The van der Waals surface area contributed by atoms with Gasteiger partial charge in [-0.2, -0.15) is 0 Å². The Labute approximate surface area is 198 Å². The quantitative estimate of drug-likeness (QED) is 0.401. The van der Waals surface area contributed by atoms with Crippen LogP contribution in [-0.2, 0) is 17.9 Å². The zero-order valence-corrected chi connectivity index (χ0v) is 20.2. The molecule has 1 aliphatic carbocycles. The van der Waals surface area contributed by atoms with Crippen molar-refractivity contribution < 1.29 is 9.59 Å². The molecule has 4 rings (SSSR count). The maximum Gasteiger partial charge on any atom is 0.264 e. The maximum absolute atomic E-state index is 13.7. The van der Waals surface area contributed by atoms with Gasteiger partial charge in [-0.3, -0.25) is 9.59 Å². The minimum absolute atomic E-state index is 0.00721. The summed E-state index contributed by atoms with van der Waals surface area (Å²) in [5, 5.41) is 4.00. The van der Waals surface area contributed by atoms with E-state index in [-0.39, 0.29) is 24.4 Å². The fourth-order valence-electron chi connectivity index (χ4n) is 4.32. The van der Waals surface area contributed by atoms with E-state index in [0.29, 0.717) is 18.0 Å². The second kappa shape index (κ2) is 10.9. The van der Waals surface area contributed by atoms with Crippen LogP contribution in [0.5, 0.6) is 0 Å². The van der Waals surface area contributed by atoms with E-state index in [0.717, 1.165) is 31.2 Å². The lowest BCUT2D eigenvalue weighted by Crippen LogP contribution is -2.47. The summed E-state index contributed by atoms with van der Waals surface area (Å²) in [4.78, 5) is 32.7. The van der Waals surface area contributed by atoms with Gasteiger partial charge in [0.2, 0.25) is 5.91 Å². The van der Waals surface area contributed by atoms with Gasteiger partial charge in [-0.05, 0) is 53.8 Å². The lowest BCUT2D eigenvalue weighted by Gasteiger charge is -2.35. The summed E-state index contributed by atoms with van der Waals surface area (Å²) < 4.78 is 0. The van der Waals surface area contributed by atoms with Gasteiger partial charge < -0.3 is 9.80 Å². The van der Waals surface area contributed by atoms with Crippen molar-refractivity contribution >= 4 is 34.5 Å². The fraction of sp³-hybridized carbons (Fsp3) is 0.385. The minimum atomic E-state index is -0.00721. The third kappa shape index (κ3) is 5.67. The third-order valence-corrected chi connectivity index (χ3v) is 8.05. The summed E-state index contributed by atoms with van der Waals surface area (Å²) in [6, 6.07) is 16.1. The number of aryl methyl sites for hydroxylation is 1. The van der Waals surface area contributed by atoms with Gasteiger partial charge in [0.15, 0.2) is 0 Å². The van der Waals surface area contributed by atoms with Gasteiger partial charge in [0.05, 0.1) is 11.4 Å². The molecule has 0 aliphatic heterocycles. The van der Waals surface area contributed by atoms with Crippen molar-refractivity contribution in [2.24, 2.45) is 0 Å². The number of nitrogens with zero attached hydrogens (tertiary/aromatic N) is 2. The monoisotopic (exact) mass is 466 g/mol. The second-order valence-electron chi connectivity index (χ2n) is 8.46. The Morgan fingerprint density at radius 3 is 2.34 bits per heavy atom. The molecule has 0 bridgehead atoms. The average molecular weight is 467 g/mol. The number of thiophene rings is 2. The van der Waals surface area contributed by atoms with Gasteiger partial charge in [-0.1, -0.05) is 55.7 Å². The number of rotatable bonds is 8. The van der Waals surface area contributed by atoms with Crippen LogP contribution in [0.25, 0.3) is 0 Å². The van der Waals surface area contributed by atoms with E-state index >= 15 is 0 Å². The molecular formula is C26H30N2O2S2. The first-order valence-corrected chi connectivity index (χ1v) is 13.1. The molecule has 0 unspecified atom stereocenters. The molecule has 0 spiro atoms. The standard InChI is InChI=1S/C26H30N2O2S2/c1-20-14-16-32-24(20)18-27(17-21-9-4-2-5-10-21)25(29)19-28(22-11-6-3-7-12-22)26(30)23-13-8-15-31-23/h2,4-5,8-10,13-16,22H,3,6-7,11-12,17-19H2,1H3. The zero-order chi connectivity index (χ0) is 22.3. The number of benzene rings is 1. The Morgan fingerprint density at radius 1 is 0.906 bits per heavy atom. The van der Waals surface area contributed by atoms with Crippen LogP contribution in [0.15, 0.2) is 59.3 Å². The van der Waals surface area contributed by atoms with Crippen LogP contribution in [0.1, 0.15) is 57.8 Å². The number of carbonyl (C=O) groups excluding carboxylic acids is 2. The van der Waals surface area contributed by atoms with E-state index in [1.165, 1.54) is 28.2 Å². The molecule has 4 nitrogen and oxygen atoms in total. The van der Waals surface area contributed by atoms with Crippen LogP contribution in [0.3, 0.4) is 0 Å². The average Bonchev–Trinajstić information content (AvgIpc) is 3.50. The first kappa shape index (κ1) is 22.7. The Kier molecular flexibility index (Phi) is 7.76. The second-order valence-corrected chi connectivity index (χ2v) is 10.4. The Morgan fingerprint density at radius 2 is 1.69 bits per heavy atom. The molecule has 3 aromatic rings. The molecule has 6 heteroatoms. The van der Waals surface area contributed by atoms with Crippen molar-refractivity contribution in [1.82, 2.24) is 9.80 Å². The lowest BCUT2D eigenvalue weighted by atomic mass is 9.94. The van der Waals surface area contributed by atoms with Crippen molar-refractivity contribution in [3.05, 3.63) is 80.2 Å². The molecule has 0 N–H and O–H groups in total. The Balaban J connectivity index is 1.56. The normalized spacial score (nSPS) is 14.3. The molecule has 2 aromatic heterocycles. The summed E-state index contributed by atoms with van der Waals surface area (Å²) in [7, 11) is 0. The number of carbonyl (C=O) groups is 2. The molecule has 2 amide bonds. The molecule has 2 heterocycles. The highest BCUT2D eigenvalue weighted by molar-refractivity contribution is 7.12. The van der Waals surface area contributed by atoms with Gasteiger partial charge in [0, 0.05) is 17.5 Å². The molecule has 1 fully saturated rings. The van der Waals surface area contributed by atoms with E-state index in [1.54, 1.807) is 11.3 Å². The highest BCUT2D eigenvalue weighted by Crippen LogP contribution is 2.26. The summed E-state index contributed by atoms with van der Waals surface area (Å²) in [6.45, 7) is 3.34. The molecule has 0 atom stereocenters. The summed E-state index contributed by atoms with van der Waals surface area (Å²) in [5.74, 6) is 0.00403. The highest BCUT2D eigenvalue weighted by Gasteiger charge is 2.30. The Bertz CT molecular complexity index is 1010. The summed E-state index contributed by atoms with van der Waals surface area (Å²) >= 11 is 3.14. The molecule has 0 radical (unpaired) electrons. The number of hydrogen-bond acceptors (Lipinski definition) is 4. The predicted molar refractivity (Wildman–Crippen MR) is 132 cm³/mol. The summed E-state index contributed by atoms with van der Waals surface area (Å²) in [5.41, 5.74) is 2.31. The summed E-state index contributed by atoms with van der Waals surface area (Å²) in [6.07, 6.45) is 5.41. The van der Waals surface area contributed by atoms with Crippen LogP contribution in [-0.4, -0.2) is 34.2 Å². The van der Waals surface area contributed by atoms with Gasteiger partial charge in [0.25, 0.3) is 5.91 Å². The van der Waals surface area contributed by atoms with Crippen molar-refractivity contribution in [3.63, 3.8) is 0 Å². The number of amides is 2. The minimum Gasteiger partial charge on any atom is -0.332 e. The van der Waals surface area contributed by atoms with E-state index in [9.17, 15) is 9.59 Å². The van der Waals surface area contributed by atoms with Crippen LogP contribution < -0.4 is 0 Å². The molecule has 168 valence electrons. The van der Waals surface area contributed by atoms with Crippen molar-refractivity contribution in [2.75, 3.05) is 6.54 Å². The van der Waals surface area contributed by atoms with Crippen LogP contribution in [0.2, 0.25) is 0 Å². The molecule has 1 aliphatic rings. The van der Waals surface area contributed by atoms with E-state index in [2.05, 4.69) is 30.5 Å². The topological polar surface area (TPSA) is 40.6 Å². The molecule has 1 saturated carbocycles. The van der Waals surface area contributed by atoms with Crippen molar-refractivity contribution in [3.8, 4) is 0 Å². The smallest absolute Gasteiger partial charge is 0.264 e. The van der Waals surface area contributed by atoms with Crippen LogP contribution >= 0.6 is 22.7 Å². The molecule has 1 aromatic carbocycles. The van der Waals surface area contributed by atoms with Gasteiger partial charge in [-0.15, -0.1) is 22.7 Å². The maximum atomic E-state index is 13.7. The van der Waals surface area contributed by atoms with Crippen molar-refractivity contribution in [2.45, 2.75) is 58.2 Å². The van der Waals surface area contributed by atoms with Crippen LogP contribution in [0, 0.1) is 6.92 Å². The number of hydrogen-bond donors (Lipinski definition) is 0. The SMILES string of the molecule is Cc1ccsc1CN(Cc1ccccc1)C(=O)CN(C(=O)c1cccs1)C1CCCCC1. The predicted octanol–water partition coefficient (Wildman–Crippen LogP) is 6.12. The van der Waals surface area contributed by atoms with Crippen LogP contribution in [0.4, 0.5) is 0 Å². The third-order valence-electron chi connectivity index (χ3n) is 6.19. The van der Waals surface area contributed by atoms with E-state index in [1.807, 2.05) is 45.5 Å². The molecule has 0 saturated heterocycles. The first-order chi connectivity index (χ1) is 15.6. The van der Waals surface area contributed by atoms with E-state index in [4.69, 9.17) is 0 Å².